The highest BCUT2D eigenvalue weighted by Crippen LogP contribution is 2.10. The Bertz CT molecular complexity index is 339. The molecule has 0 atom stereocenters. The van der Waals surface area contributed by atoms with Crippen molar-refractivity contribution in [2.45, 2.75) is 84.5 Å². The zero-order chi connectivity index (χ0) is 15.2. The Morgan fingerprint density at radius 1 is 0.714 bits per heavy atom. The lowest BCUT2D eigenvalue weighted by molar-refractivity contribution is 0.433. The Balaban J connectivity index is 2.01. The second kappa shape index (κ2) is 12.8. The minimum absolute atomic E-state index is 0.797. The van der Waals surface area contributed by atoms with Crippen molar-refractivity contribution < 1.29 is 4.42 Å². The van der Waals surface area contributed by atoms with E-state index in [1.165, 1.54) is 51.4 Å². The van der Waals surface area contributed by atoms with E-state index in [1.54, 1.807) is 0 Å². The van der Waals surface area contributed by atoms with Crippen LogP contribution in [0.15, 0.2) is 4.42 Å². The molecule has 21 heavy (non-hydrogen) atoms. The fourth-order valence-electron chi connectivity index (χ4n) is 2.39. The third-order valence-electron chi connectivity index (χ3n) is 3.67. The van der Waals surface area contributed by atoms with Gasteiger partial charge < -0.3 is 9.73 Å². The first kappa shape index (κ1) is 18.1. The summed E-state index contributed by atoms with van der Waals surface area (Å²) in [6, 6.07) is 0. The maximum absolute atomic E-state index is 5.69. The molecule has 0 aliphatic heterocycles. The largest absolute Gasteiger partial charge is 0.425 e. The molecular formula is C17H33N3O. The molecule has 0 aliphatic carbocycles. The van der Waals surface area contributed by atoms with Gasteiger partial charge in [0.1, 0.15) is 0 Å². The number of nitrogens with one attached hydrogen (secondary N) is 1. The van der Waals surface area contributed by atoms with Gasteiger partial charge in [0.15, 0.2) is 0 Å². The normalized spacial score (nSPS) is 11.1. The van der Waals surface area contributed by atoms with Crippen molar-refractivity contribution in [1.29, 1.82) is 0 Å². The van der Waals surface area contributed by atoms with Crippen molar-refractivity contribution >= 4 is 0 Å². The van der Waals surface area contributed by atoms with Crippen LogP contribution in [0.2, 0.25) is 0 Å². The van der Waals surface area contributed by atoms with Crippen molar-refractivity contribution in [1.82, 2.24) is 15.5 Å². The van der Waals surface area contributed by atoms with E-state index in [0.717, 1.165) is 44.1 Å². The molecule has 4 heteroatoms. The Morgan fingerprint density at radius 2 is 1.33 bits per heavy atom. The minimum atomic E-state index is 0.797. The summed E-state index contributed by atoms with van der Waals surface area (Å²) in [7, 11) is 0. The van der Waals surface area contributed by atoms with Gasteiger partial charge in [-0.25, -0.2) is 0 Å². The van der Waals surface area contributed by atoms with E-state index in [-0.39, 0.29) is 0 Å². The molecule has 0 amide bonds. The van der Waals surface area contributed by atoms with Gasteiger partial charge in [-0.1, -0.05) is 52.4 Å². The highest BCUT2D eigenvalue weighted by molar-refractivity contribution is 4.82. The average Bonchev–Trinajstić information content (AvgIpc) is 2.94. The van der Waals surface area contributed by atoms with Crippen LogP contribution in [0.4, 0.5) is 0 Å². The van der Waals surface area contributed by atoms with Gasteiger partial charge in [-0.15, -0.1) is 10.2 Å². The number of unbranched alkanes of at least 4 members (excludes halogenated alkanes) is 6. The fraction of sp³-hybridized carbons (Fsp3) is 0.882. The Morgan fingerprint density at radius 3 is 2.00 bits per heavy atom. The number of hydrogen-bond donors (Lipinski definition) is 1. The first-order valence-corrected chi connectivity index (χ1v) is 8.88. The molecule has 0 radical (unpaired) electrons. The lowest BCUT2D eigenvalue weighted by Gasteiger charge is -2.00. The summed E-state index contributed by atoms with van der Waals surface area (Å²) in [5.41, 5.74) is 0. The van der Waals surface area contributed by atoms with Gasteiger partial charge in [0.2, 0.25) is 11.8 Å². The highest BCUT2D eigenvalue weighted by atomic mass is 16.4. The molecule has 0 aliphatic rings. The monoisotopic (exact) mass is 295 g/mol. The van der Waals surface area contributed by atoms with Gasteiger partial charge in [-0.05, 0) is 32.4 Å². The standard InChI is InChI=1S/C17H33N3O/c1-3-5-6-7-8-9-10-12-16-19-20-17(21-16)13-11-15-18-14-4-2/h18H,3-15H2,1-2H3. The molecule has 0 spiro atoms. The summed E-state index contributed by atoms with van der Waals surface area (Å²) in [5, 5.41) is 11.7. The number of hydrogen-bond acceptors (Lipinski definition) is 4. The summed E-state index contributed by atoms with van der Waals surface area (Å²) in [5.74, 6) is 1.62. The molecule has 0 fully saturated rings. The van der Waals surface area contributed by atoms with Crippen LogP contribution in [-0.4, -0.2) is 23.3 Å². The van der Waals surface area contributed by atoms with Crippen molar-refractivity contribution in [3.8, 4) is 0 Å². The zero-order valence-electron chi connectivity index (χ0n) is 14.0. The molecule has 1 heterocycles. The van der Waals surface area contributed by atoms with Crippen LogP contribution in [0.5, 0.6) is 0 Å². The fourth-order valence-corrected chi connectivity index (χ4v) is 2.39. The predicted octanol–water partition coefficient (Wildman–Crippen LogP) is 4.29. The molecule has 0 saturated heterocycles. The van der Waals surface area contributed by atoms with E-state index < -0.39 is 0 Å². The zero-order valence-corrected chi connectivity index (χ0v) is 14.0. The van der Waals surface area contributed by atoms with E-state index >= 15 is 0 Å². The van der Waals surface area contributed by atoms with Gasteiger partial charge in [0.05, 0.1) is 0 Å². The van der Waals surface area contributed by atoms with Crippen LogP contribution < -0.4 is 5.32 Å². The van der Waals surface area contributed by atoms with E-state index in [0.29, 0.717) is 0 Å². The van der Waals surface area contributed by atoms with Crippen molar-refractivity contribution in [2.75, 3.05) is 13.1 Å². The number of nitrogens with zero attached hydrogens (tertiary/aromatic N) is 2. The second-order valence-electron chi connectivity index (χ2n) is 5.81. The number of rotatable bonds is 14. The quantitative estimate of drug-likeness (QED) is 0.520. The molecule has 0 aromatic carbocycles. The first-order chi connectivity index (χ1) is 10.4. The molecule has 122 valence electrons. The third-order valence-corrected chi connectivity index (χ3v) is 3.67. The summed E-state index contributed by atoms with van der Waals surface area (Å²) < 4.78 is 5.69. The Kier molecular flexibility index (Phi) is 11.1. The molecule has 4 nitrogen and oxygen atoms in total. The second-order valence-corrected chi connectivity index (χ2v) is 5.81. The van der Waals surface area contributed by atoms with Crippen molar-refractivity contribution in [3.05, 3.63) is 11.8 Å². The van der Waals surface area contributed by atoms with Gasteiger partial charge in [0, 0.05) is 12.8 Å². The summed E-state index contributed by atoms with van der Waals surface area (Å²) >= 11 is 0. The number of aromatic nitrogens is 2. The minimum Gasteiger partial charge on any atom is -0.425 e. The van der Waals surface area contributed by atoms with Crippen molar-refractivity contribution in [3.63, 3.8) is 0 Å². The maximum atomic E-state index is 5.69. The van der Waals surface area contributed by atoms with Crippen LogP contribution in [0.1, 0.15) is 83.4 Å². The average molecular weight is 295 g/mol. The van der Waals surface area contributed by atoms with Crippen LogP contribution in [0.3, 0.4) is 0 Å². The molecule has 1 N–H and O–H groups in total. The lowest BCUT2D eigenvalue weighted by atomic mass is 10.1. The topological polar surface area (TPSA) is 51.0 Å². The van der Waals surface area contributed by atoms with Gasteiger partial charge in [-0.3, -0.25) is 0 Å². The van der Waals surface area contributed by atoms with E-state index in [1.807, 2.05) is 0 Å². The summed E-state index contributed by atoms with van der Waals surface area (Å²) in [6.45, 7) is 6.56. The molecule has 1 aromatic heterocycles. The van der Waals surface area contributed by atoms with Gasteiger partial charge >= 0.3 is 0 Å². The first-order valence-electron chi connectivity index (χ1n) is 8.88. The van der Waals surface area contributed by atoms with Crippen LogP contribution in [0.25, 0.3) is 0 Å². The Hall–Kier alpha value is -0.900. The van der Waals surface area contributed by atoms with E-state index in [2.05, 4.69) is 29.4 Å². The molecule has 1 rings (SSSR count). The van der Waals surface area contributed by atoms with E-state index in [4.69, 9.17) is 4.42 Å². The molecule has 0 saturated carbocycles. The van der Waals surface area contributed by atoms with Crippen LogP contribution in [0, 0.1) is 0 Å². The maximum Gasteiger partial charge on any atom is 0.216 e. The smallest absolute Gasteiger partial charge is 0.216 e. The van der Waals surface area contributed by atoms with Gasteiger partial charge in [0.25, 0.3) is 0 Å². The van der Waals surface area contributed by atoms with Crippen molar-refractivity contribution in [2.24, 2.45) is 0 Å². The molecule has 0 bridgehead atoms. The molecular weight excluding hydrogens is 262 g/mol. The SMILES string of the molecule is CCCCCCCCCc1nnc(CCCNCCC)o1. The molecule has 1 aromatic rings. The van der Waals surface area contributed by atoms with Crippen LogP contribution in [-0.2, 0) is 12.8 Å². The summed E-state index contributed by atoms with van der Waals surface area (Å²) in [4.78, 5) is 0. The van der Waals surface area contributed by atoms with Gasteiger partial charge in [-0.2, -0.15) is 0 Å². The lowest BCUT2D eigenvalue weighted by Crippen LogP contribution is -2.16. The molecule has 0 unspecified atom stereocenters. The predicted molar refractivity (Wildman–Crippen MR) is 87.5 cm³/mol. The van der Waals surface area contributed by atoms with Crippen LogP contribution >= 0.6 is 0 Å². The summed E-state index contributed by atoms with van der Waals surface area (Å²) in [6.07, 6.45) is 13.3. The number of aryl methyl sites for hydroxylation is 2. The Labute approximate surface area is 130 Å². The third kappa shape index (κ3) is 9.62. The van der Waals surface area contributed by atoms with E-state index in [9.17, 15) is 0 Å². The highest BCUT2D eigenvalue weighted by Gasteiger charge is 2.05.